The van der Waals surface area contributed by atoms with Gasteiger partial charge in [0.2, 0.25) is 35.4 Å². The Morgan fingerprint density at radius 3 is 0.596 bits per heavy atom. The number of H-pyrrole nitrogens is 2. The van der Waals surface area contributed by atoms with Gasteiger partial charge in [-0.3, -0.25) is 28.8 Å². The number of fused-ring (bicyclic) bond motifs is 8. The summed E-state index contributed by atoms with van der Waals surface area (Å²) in [5.41, 5.74) is 9.21. The van der Waals surface area contributed by atoms with E-state index < -0.39 is 0 Å². The maximum Gasteiger partial charge on any atom is 0.220 e. The number of hydrogen-bond acceptors (Lipinski definition) is 32. The average molecular weight is 2200 g/mol. The Kier molecular flexibility index (Phi) is 52.3. The average Bonchev–Trinajstić information content (AvgIpc) is 1.61. The third-order valence-corrected chi connectivity index (χ3v) is 43.0. The smallest absolute Gasteiger partial charge is 0.220 e. The van der Waals surface area contributed by atoms with Crippen LogP contribution in [-0.4, -0.2) is 196 Å². The molecule has 0 saturated heterocycles. The third kappa shape index (κ3) is 40.6. The van der Waals surface area contributed by atoms with Crippen LogP contribution in [-0.2, 0) is 28.8 Å². The normalized spacial score (nSPS) is 11.9. The number of carbonyl (C=O) groups excluding carboxylic acids is 6. The molecular weight excluding hydrogens is 2090 g/mol. The van der Waals surface area contributed by atoms with Crippen LogP contribution in [0, 0.1) is 41.5 Å². The molecular formula is C96H116N14O6S20. The number of nitrogens with one attached hydrogen (secondary N) is 8. The Morgan fingerprint density at radius 2 is 0.412 bits per heavy atom. The third-order valence-electron chi connectivity index (χ3n) is 19.5. The van der Waals surface area contributed by atoms with Crippen LogP contribution in [0.3, 0.4) is 0 Å². The van der Waals surface area contributed by atoms with Crippen LogP contribution in [0.1, 0.15) is 134 Å². The molecule has 40 heteroatoms. The number of carbonyl (C=O) groups is 6. The highest BCUT2D eigenvalue weighted by Gasteiger charge is 2.30. The van der Waals surface area contributed by atoms with Gasteiger partial charge in [0.15, 0.2) is 23.3 Å². The molecule has 6 aromatic carbocycles. The topological polar surface area (TPSA) is 284 Å². The molecule has 136 heavy (non-hydrogen) atoms. The number of benzene rings is 6. The van der Waals surface area contributed by atoms with Crippen molar-refractivity contribution < 1.29 is 28.8 Å². The number of nitrogens with zero attached hydrogens (tertiary/aromatic N) is 6. The van der Waals surface area contributed by atoms with Crippen LogP contribution >= 0.6 is 224 Å². The minimum Gasteiger partial charge on any atom is -0.355 e. The lowest BCUT2D eigenvalue weighted by Crippen LogP contribution is -2.25. The molecule has 8 N–H and O–H groups in total. The molecule has 0 unspecified atom stereocenters. The second-order valence-electron chi connectivity index (χ2n) is 30.8. The van der Waals surface area contributed by atoms with Gasteiger partial charge in [-0.1, -0.05) is 236 Å². The van der Waals surface area contributed by atoms with Crippen molar-refractivity contribution in [1.82, 2.24) is 71.8 Å². The highest BCUT2D eigenvalue weighted by atomic mass is 33.1. The van der Waals surface area contributed by atoms with Gasteiger partial charge in [-0.2, -0.15) is 0 Å². The highest BCUT2D eigenvalue weighted by molar-refractivity contribution is 8.78. The van der Waals surface area contributed by atoms with E-state index in [4.69, 9.17) is 29.9 Å². The van der Waals surface area contributed by atoms with Crippen molar-refractivity contribution in [2.24, 2.45) is 0 Å². The second kappa shape index (κ2) is 63.6. The van der Waals surface area contributed by atoms with Crippen molar-refractivity contribution in [3.63, 3.8) is 0 Å². The molecule has 8 bridgehead atoms. The molecule has 3 aromatic heterocycles. The number of rotatable bonds is 62. The molecule has 2 aliphatic rings. The fourth-order valence-electron chi connectivity index (χ4n) is 12.5. The minimum atomic E-state index is -0.0448. The van der Waals surface area contributed by atoms with Gasteiger partial charge >= 0.3 is 0 Å². The molecule has 5 heterocycles. The lowest BCUT2D eigenvalue weighted by Gasteiger charge is -2.09. The Balaban J connectivity index is 0.963. The summed E-state index contributed by atoms with van der Waals surface area (Å²) in [7, 11) is 20.4. The van der Waals surface area contributed by atoms with Gasteiger partial charge in [0.25, 0.3) is 0 Å². The number of aromatic nitrogens is 8. The fraction of sp³-hybridized carbons (Fsp3) is 0.396. The van der Waals surface area contributed by atoms with E-state index >= 15 is 0 Å². The zero-order chi connectivity index (χ0) is 95.9. The first kappa shape index (κ1) is 112. The molecule has 726 valence electrons. The number of aryl methyl sites for hydroxylation is 6. The first-order chi connectivity index (χ1) is 66.3. The predicted octanol–water partition coefficient (Wildman–Crippen LogP) is 26.0. The van der Waals surface area contributed by atoms with E-state index in [2.05, 4.69) is 229 Å². The Morgan fingerprint density at radius 1 is 0.235 bits per heavy atom. The summed E-state index contributed by atoms with van der Waals surface area (Å²) in [6, 6.07) is 50.7. The van der Waals surface area contributed by atoms with E-state index in [1.807, 2.05) is 12.5 Å². The molecule has 6 amide bonds. The first-order valence-electron chi connectivity index (χ1n) is 44.7. The summed E-state index contributed by atoms with van der Waals surface area (Å²) in [5.74, 6) is 8.99. The van der Waals surface area contributed by atoms with E-state index in [0.29, 0.717) is 184 Å². The van der Waals surface area contributed by atoms with Crippen LogP contribution in [0.25, 0.3) is 42.2 Å². The van der Waals surface area contributed by atoms with Gasteiger partial charge in [-0.25, -0.2) is 29.9 Å². The van der Waals surface area contributed by atoms with Crippen molar-refractivity contribution in [2.45, 2.75) is 168 Å². The van der Waals surface area contributed by atoms with E-state index in [-0.39, 0.29) is 48.3 Å². The quantitative estimate of drug-likeness (QED) is 0.00999. The molecule has 0 aliphatic carbocycles. The summed E-state index contributed by atoms with van der Waals surface area (Å²) in [6.45, 7) is 15.6. The zero-order valence-corrected chi connectivity index (χ0v) is 93.7. The number of amides is 6. The first-order valence-corrected chi connectivity index (χ1v) is 67.0. The van der Waals surface area contributed by atoms with Crippen LogP contribution in [0.2, 0.25) is 0 Å². The molecule has 0 atom stereocenters. The summed E-state index contributed by atoms with van der Waals surface area (Å²) in [6.07, 6.45) is 8.99. The molecule has 0 fully saturated rings. The van der Waals surface area contributed by atoms with Crippen LogP contribution < -0.4 is 31.9 Å². The van der Waals surface area contributed by atoms with Gasteiger partial charge in [0.1, 0.15) is 22.6 Å². The lowest BCUT2D eigenvalue weighted by atomic mass is 10.2. The Hall–Kier alpha value is -4.54. The van der Waals surface area contributed by atoms with Crippen LogP contribution in [0.15, 0.2) is 195 Å². The summed E-state index contributed by atoms with van der Waals surface area (Å²) < 4.78 is 0. The van der Waals surface area contributed by atoms with Crippen molar-refractivity contribution >= 4 is 301 Å². The fourth-order valence-corrected chi connectivity index (χ4v) is 32.2. The van der Waals surface area contributed by atoms with E-state index in [0.717, 1.165) is 93.3 Å². The van der Waals surface area contributed by atoms with E-state index in [1.165, 1.54) is 66.7 Å². The molecule has 2 aliphatic heterocycles. The largest absolute Gasteiger partial charge is 0.355 e. The predicted molar refractivity (Wildman–Crippen MR) is 611 cm³/mol. The maximum absolute atomic E-state index is 13.9. The Labute approximate surface area is 882 Å². The maximum atomic E-state index is 13.9. The summed E-state index contributed by atoms with van der Waals surface area (Å²) in [4.78, 5) is 137. The summed E-state index contributed by atoms with van der Waals surface area (Å²) in [5, 5.41) is 19.0. The van der Waals surface area contributed by atoms with E-state index in [1.54, 1.807) is 200 Å². The molecule has 20 nitrogen and oxygen atoms in total. The monoisotopic (exact) mass is 2200 g/mol. The molecule has 0 saturated carbocycles. The minimum absolute atomic E-state index is 0.0302. The van der Waals surface area contributed by atoms with Crippen LogP contribution in [0.4, 0.5) is 0 Å². The highest BCUT2D eigenvalue weighted by Crippen LogP contribution is 2.48. The van der Waals surface area contributed by atoms with Crippen molar-refractivity contribution in [1.29, 1.82) is 0 Å². The molecule has 9 aromatic rings. The van der Waals surface area contributed by atoms with Crippen molar-refractivity contribution in [2.75, 3.05) is 121 Å². The Bertz CT molecular complexity index is 5240. The van der Waals surface area contributed by atoms with Gasteiger partial charge in [-0.05, 0) is 200 Å². The number of thioether (sulfide) groups is 8. The van der Waals surface area contributed by atoms with E-state index in [9.17, 15) is 28.8 Å². The number of aromatic amines is 2. The number of hydrogen-bond donors (Lipinski definition) is 8. The SMILES string of the molecule is CSC1=C(SC)c2nc1nc1[nH]c(nc3nc(nc4[nH]c(n2)c(SCCCC(=O)NCCSSc2ccc(C)cc2)c4SCCCC(=O)NCCSSc2ccc(C)cc2)C(SCCCC(=O)NCCSSc2ccc(C)cc2)=C3SCCCC(=O)NCCSSc2ccc(C)cc2)c(SCCCC(=O)NCCSSc2ccc(C)cc2)c1SCCCC(=O)NCCSSc1ccc(C)cc1. The van der Waals surface area contributed by atoms with Crippen molar-refractivity contribution in [3.8, 4) is 0 Å². The molecule has 0 spiro atoms. The summed E-state index contributed by atoms with van der Waals surface area (Å²) >= 11 is 12.5. The van der Waals surface area contributed by atoms with Crippen LogP contribution in [0.5, 0.6) is 0 Å². The molecule has 0 radical (unpaired) electrons. The standard InChI is InChI=1S/C96H116N14O6S20/c1-63-21-33-69(34-22-63)131-125-57-45-97-75(111)15-9-51-119-83-85(121-53-11-17-77(113)99-47-59-127-133-71-37-25-65(3)26-38-71)93-106-91(83)104-89-81(117-7)82(118-8)90(103-89)105-92-84(120-52-10-16-76(112)98-46-58-126-132-70-35-23-64(2)24-36-70)86(122-54-12-18-78(114)100-48-60-128-134-72-39-27-66(4)28-40-72)94(107-92)109-96-88(124-56-14-20-80(116)102-50-62-130-136-74-43-31-68(6)32-44-74)87(95(108-93)110-96)123-55-13-19-79(115)101-49-61-129-135-73-41-29-67(5)30-42-73/h21-44H,9-20,45-62H2,1-8H3,(H,97,111)(H,98,112)(H,99,113)(H,100,114)(H,101,115)(H,102,116)(H2,103,104,105,106,107,108,109,110). The van der Waals surface area contributed by atoms with Crippen molar-refractivity contribution in [3.05, 3.63) is 202 Å². The molecule has 11 rings (SSSR count). The zero-order valence-electron chi connectivity index (χ0n) is 77.4. The van der Waals surface area contributed by atoms with Gasteiger partial charge < -0.3 is 41.9 Å². The van der Waals surface area contributed by atoms with Gasteiger partial charge in [0, 0.05) is 142 Å². The second-order valence-corrected chi connectivity index (χ2v) is 54.0. The van der Waals surface area contributed by atoms with Gasteiger partial charge in [-0.15, -0.1) is 94.1 Å². The lowest BCUT2D eigenvalue weighted by molar-refractivity contribution is -0.121. The van der Waals surface area contributed by atoms with Gasteiger partial charge in [0.05, 0.1) is 39.2 Å².